The Balaban J connectivity index is 2.89. The van der Waals surface area contributed by atoms with Crippen LogP contribution in [0.5, 0.6) is 0 Å². The Morgan fingerprint density at radius 1 is 1.32 bits per heavy atom. The number of likely N-dealkylation sites (N-methyl/N-ethyl adjacent to an activating group) is 1. The molecule has 4 heteroatoms. The number of rotatable bonds is 9. The van der Waals surface area contributed by atoms with Gasteiger partial charge in [0.25, 0.3) is 0 Å². The number of thiazole rings is 1. The molecule has 1 rings (SSSR count). The second-order valence-corrected chi connectivity index (χ2v) is 5.84. The summed E-state index contributed by atoms with van der Waals surface area (Å²) in [5.41, 5.74) is 1.04. The molecule has 1 atom stereocenters. The van der Waals surface area contributed by atoms with E-state index < -0.39 is 0 Å². The van der Waals surface area contributed by atoms with E-state index in [0.717, 1.165) is 38.1 Å². The summed E-state index contributed by atoms with van der Waals surface area (Å²) in [6.45, 7) is 12.5. The van der Waals surface area contributed by atoms with Gasteiger partial charge in [0.15, 0.2) is 0 Å². The predicted molar refractivity (Wildman–Crippen MR) is 83.0 cm³/mol. The summed E-state index contributed by atoms with van der Waals surface area (Å²) in [6, 6.07) is 0.331. The van der Waals surface area contributed by atoms with Crippen LogP contribution < -0.4 is 5.32 Å². The highest BCUT2D eigenvalue weighted by atomic mass is 32.1. The van der Waals surface area contributed by atoms with E-state index in [-0.39, 0.29) is 5.60 Å². The van der Waals surface area contributed by atoms with Crippen LogP contribution in [0.4, 0.5) is 0 Å². The molecule has 3 nitrogen and oxygen atoms in total. The van der Waals surface area contributed by atoms with E-state index in [1.54, 1.807) is 11.3 Å². The van der Waals surface area contributed by atoms with Gasteiger partial charge in [0.05, 0.1) is 10.6 Å². The molecular formula is C15H28N2OS. The van der Waals surface area contributed by atoms with E-state index in [9.17, 15) is 0 Å². The molecule has 1 aromatic rings. The van der Waals surface area contributed by atoms with E-state index >= 15 is 0 Å². The molecule has 1 N–H and O–H groups in total. The molecule has 0 amide bonds. The van der Waals surface area contributed by atoms with Gasteiger partial charge in [-0.15, -0.1) is 11.3 Å². The lowest BCUT2D eigenvalue weighted by molar-refractivity contribution is -0.0715. The van der Waals surface area contributed by atoms with Crippen molar-refractivity contribution in [3.63, 3.8) is 0 Å². The highest BCUT2D eigenvalue weighted by Crippen LogP contribution is 2.28. The molecule has 0 radical (unpaired) electrons. The first-order valence-corrected chi connectivity index (χ1v) is 8.28. The second kappa shape index (κ2) is 7.98. The van der Waals surface area contributed by atoms with Gasteiger partial charge in [-0.05, 0) is 33.2 Å². The zero-order valence-corrected chi connectivity index (χ0v) is 13.8. The smallest absolute Gasteiger partial charge is 0.0944 e. The van der Waals surface area contributed by atoms with E-state index in [1.807, 2.05) is 0 Å². The van der Waals surface area contributed by atoms with Crippen LogP contribution in [0.1, 0.15) is 51.2 Å². The van der Waals surface area contributed by atoms with Crippen LogP contribution in [0, 0.1) is 6.92 Å². The lowest BCUT2D eigenvalue weighted by Gasteiger charge is -2.39. The first kappa shape index (κ1) is 16.6. The van der Waals surface area contributed by atoms with Gasteiger partial charge in [-0.1, -0.05) is 20.8 Å². The van der Waals surface area contributed by atoms with Crippen molar-refractivity contribution in [1.29, 1.82) is 0 Å². The van der Waals surface area contributed by atoms with E-state index in [2.05, 4.69) is 50.3 Å². The molecule has 1 aromatic heterocycles. The maximum absolute atomic E-state index is 6.14. The van der Waals surface area contributed by atoms with Gasteiger partial charge < -0.3 is 10.1 Å². The summed E-state index contributed by atoms with van der Waals surface area (Å²) < 4.78 is 6.14. The molecule has 110 valence electrons. The number of nitrogens with one attached hydrogen (secondary N) is 1. The SMILES string of the molecule is CCNC(Cc1nc(C)cs1)C(CC)(CC)OCC. The summed E-state index contributed by atoms with van der Waals surface area (Å²) in [7, 11) is 0. The van der Waals surface area contributed by atoms with Gasteiger partial charge >= 0.3 is 0 Å². The number of hydrogen-bond acceptors (Lipinski definition) is 4. The molecular weight excluding hydrogens is 256 g/mol. The van der Waals surface area contributed by atoms with Crippen LogP contribution in [0.2, 0.25) is 0 Å². The van der Waals surface area contributed by atoms with Gasteiger partial charge in [-0.2, -0.15) is 0 Å². The van der Waals surface area contributed by atoms with Crippen LogP contribution in [0.25, 0.3) is 0 Å². The van der Waals surface area contributed by atoms with Crippen LogP contribution in [0.3, 0.4) is 0 Å². The molecule has 0 aliphatic rings. The van der Waals surface area contributed by atoms with Gasteiger partial charge in [-0.25, -0.2) is 4.98 Å². The fourth-order valence-corrected chi connectivity index (χ4v) is 3.52. The van der Waals surface area contributed by atoms with Gasteiger partial charge in [0.2, 0.25) is 0 Å². The molecule has 0 aromatic carbocycles. The molecule has 1 heterocycles. The molecule has 0 saturated heterocycles. The summed E-state index contributed by atoms with van der Waals surface area (Å²) >= 11 is 1.75. The first-order valence-electron chi connectivity index (χ1n) is 7.40. The molecule has 1 unspecified atom stereocenters. The number of ether oxygens (including phenoxy) is 1. The largest absolute Gasteiger partial charge is 0.374 e. The number of hydrogen-bond donors (Lipinski definition) is 1. The summed E-state index contributed by atoms with van der Waals surface area (Å²) in [5.74, 6) is 0. The predicted octanol–water partition coefficient (Wildman–Crippen LogP) is 3.57. The summed E-state index contributed by atoms with van der Waals surface area (Å²) in [6.07, 6.45) is 3.01. The minimum Gasteiger partial charge on any atom is -0.374 e. The zero-order chi connectivity index (χ0) is 14.3. The molecule has 19 heavy (non-hydrogen) atoms. The molecule has 0 saturated carbocycles. The Bertz CT molecular complexity index is 361. The maximum atomic E-state index is 6.14. The van der Waals surface area contributed by atoms with Crippen LogP contribution >= 0.6 is 11.3 Å². The molecule has 0 aliphatic carbocycles. The van der Waals surface area contributed by atoms with Crippen LogP contribution in [-0.4, -0.2) is 29.8 Å². The van der Waals surface area contributed by atoms with Crippen LogP contribution in [0.15, 0.2) is 5.38 Å². The Morgan fingerprint density at radius 2 is 2.00 bits per heavy atom. The minimum absolute atomic E-state index is 0.0790. The molecule has 0 bridgehead atoms. The average molecular weight is 284 g/mol. The second-order valence-electron chi connectivity index (χ2n) is 4.90. The van der Waals surface area contributed by atoms with Crippen molar-refractivity contribution in [2.45, 2.75) is 65.5 Å². The fourth-order valence-electron chi connectivity index (χ4n) is 2.70. The van der Waals surface area contributed by atoms with E-state index in [4.69, 9.17) is 4.74 Å². The van der Waals surface area contributed by atoms with Gasteiger partial charge in [0.1, 0.15) is 0 Å². The number of aryl methyl sites for hydroxylation is 1. The average Bonchev–Trinajstić information content (AvgIpc) is 2.81. The van der Waals surface area contributed by atoms with Crippen molar-refractivity contribution in [1.82, 2.24) is 10.3 Å². The summed E-state index contributed by atoms with van der Waals surface area (Å²) in [5, 5.41) is 6.94. The van der Waals surface area contributed by atoms with Crippen molar-refractivity contribution in [2.24, 2.45) is 0 Å². The molecule has 0 spiro atoms. The maximum Gasteiger partial charge on any atom is 0.0944 e. The third kappa shape index (κ3) is 4.26. The Hall–Kier alpha value is -0.450. The summed E-state index contributed by atoms with van der Waals surface area (Å²) in [4.78, 5) is 4.60. The first-order chi connectivity index (χ1) is 9.11. The number of nitrogens with zero attached hydrogens (tertiary/aromatic N) is 1. The van der Waals surface area contributed by atoms with E-state index in [1.165, 1.54) is 5.01 Å². The lowest BCUT2D eigenvalue weighted by Crippen LogP contribution is -2.53. The van der Waals surface area contributed by atoms with Crippen molar-refractivity contribution in [2.75, 3.05) is 13.2 Å². The van der Waals surface area contributed by atoms with Gasteiger partial charge in [-0.3, -0.25) is 0 Å². The van der Waals surface area contributed by atoms with Crippen LogP contribution in [-0.2, 0) is 11.2 Å². The standard InChI is InChI=1S/C15H28N2OS/c1-6-15(7-2,18-9-4)13(16-8-3)10-14-17-12(5)11-19-14/h11,13,16H,6-10H2,1-5H3. The normalized spacial score (nSPS) is 13.7. The van der Waals surface area contributed by atoms with E-state index in [0.29, 0.717) is 6.04 Å². The highest BCUT2D eigenvalue weighted by Gasteiger charge is 2.36. The minimum atomic E-state index is -0.0790. The third-order valence-corrected chi connectivity index (χ3v) is 4.75. The fraction of sp³-hybridized carbons (Fsp3) is 0.800. The highest BCUT2D eigenvalue weighted by molar-refractivity contribution is 7.09. The monoisotopic (exact) mass is 284 g/mol. The van der Waals surface area contributed by atoms with Crippen molar-refractivity contribution in [3.8, 4) is 0 Å². The lowest BCUT2D eigenvalue weighted by atomic mass is 9.86. The van der Waals surface area contributed by atoms with Crippen molar-refractivity contribution in [3.05, 3.63) is 16.1 Å². The zero-order valence-electron chi connectivity index (χ0n) is 13.0. The van der Waals surface area contributed by atoms with Crippen molar-refractivity contribution < 1.29 is 4.74 Å². The Morgan fingerprint density at radius 3 is 2.42 bits per heavy atom. The Labute approximate surface area is 121 Å². The van der Waals surface area contributed by atoms with Gasteiger partial charge in [0, 0.05) is 30.1 Å². The molecule has 0 aliphatic heterocycles. The molecule has 0 fully saturated rings. The third-order valence-electron chi connectivity index (χ3n) is 3.76. The topological polar surface area (TPSA) is 34.2 Å². The Kier molecular flexibility index (Phi) is 6.97. The number of aromatic nitrogens is 1. The quantitative estimate of drug-likeness (QED) is 0.753. The van der Waals surface area contributed by atoms with Crippen molar-refractivity contribution >= 4 is 11.3 Å².